The summed E-state index contributed by atoms with van der Waals surface area (Å²) in [6.07, 6.45) is 6.53. The zero-order valence-electron chi connectivity index (χ0n) is 28.4. The minimum atomic E-state index is -1.18. The molecule has 262 valence electrons. The molecule has 1 aromatic rings. The molecule has 2 rings (SSSR count). The smallest absolute Gasteiger partial charge is 0.303 e. The van der Waals surface area contributed by atoms with Gasteiger partial charge >= 0.3 is 5.97 Å². The van der Waals surface area contributed by atoms with E-state index in [1.807, 2.05) is 39.8 Å². The number of carboxylic acid groups (broad SMARTS) is 1. The Bertz CT molecular complexity index is 1170. The van der Waals surface area contributed by atoms with Crippen LogP contribution in [0.4, 0.5) is 0 Å². The van der Waals surface area contributed by atoms with E-state index in [2.05, 4.69) is 32.8 Å². The minimum Gasteiger partial charge on any atom is -0.481 e. The van der Waals surface area contributed by atoms with Crippen molar-refractivity contribution in [2.45, 2.75) is 129 Å². The third kappa shape index (κ3) is 15.1. The van der Waals surface area contributed by atoms with Crippen LogP contribution < -0.4 is 21.3 Å². The van der Waals surface area contributed by atoms with Crippen LogP contribution in [0.15, 0.2) is 37.1 Å². The first-order valence-corrected chi connectivity index (χ1v) is 17.0. The monoisotopic (exact) mass is 657 g/mol. The Labute approximate surface area is 278 Å². The van der Waals surface area contributed by atoms with E-state index in [1.54, 1.807) is 18.3 Å². The van der Waals surface area contributed by atoms with E-state index in [4.69, 9.17) is 5.11 Å². The topological polar surface area (TPSA) is 187 Å². The van der Waals surface area contributed by atoms with Crippen molar-refractivity contribution in [3.05, 3.63) is 42.7 Å². The van der Waals surface area contributed by atoms with Crippen molar-refractivity contribution in [3.63, 3.8) is 0 Å². The van der Waals surface area contributed by atoms with Gasteiger partial charge in [0.25, 0.3) is 0 Å². The van der Waals surface area contributed by atoms with Crippen molar-refractivity contribution < 1.29 is 34.2 Å². The normalized spacial score (nSPS) is 16.6. The third-order valence-corrected chi connectivity index (χ3v) is 8.46. The van der Waals surface area contributed by atoms with Crippen LogP contribution in [0.5, 0.6) is 0 Å². The van der Waals surface area contributed by atoms with Crippen LogP contribution in [0.3, 0.4) is 0 Å². The zero-order valence-corrected chi connectivity index (χ0v) is 28.4. The van der Waals surface area contributed by atoms with Gasteiger partial charge in [0.05, 0.1) is 30.3 Å². The highest BCUT2D eigenvalue weighted by Gasteiger charge is 2.35. The Morgan fingerprint density at radius 2 is 1.72 bits per heavy atom. The molecule has 0 aliphatic heterocycles. The van der Waals surface area contributed by atoms with Gasteiger partial charge in [0.2, 0.25) is 23.6 Å². The van der Waals surface area contributed by atoms with Crippen molar-refractivity contribution in [3.8, 4) is 0 Å². The Morgan fingerprint density at radius 3 is 2.30 bits per heavy atom. The number of pyridine rings is 1. The summed E-state index contributed by atoms with van der Waals surface area (Å²) in [5, 5.41) is 31.5. The molecule has 1 aromatic heterocycles. The summed E-state index contributed by atoms with van der Waals surface area (Å²) in [5.74, 6) is -2.62. The number of aliphatic carboxylic acids is 1. The number of carbonyl (C=O) groups is 5. The van der Waals surface area contributed by atoms with E-state index in [0.29, 0.717) is 37.8 Å². The molecule has 1 fully saturated rings. The van der Waals surface area contributed by atoms with Crippen molar-refractivity contribution in [2.75, 3.05) is 0 Å². The summed E-state index contributed by atoms with van der Waals surface area (Å²) in [5.41, 5.74) is 0.704. The fourth-order valence-corrected chi connectivity index (χ4v) is 5.38. The fourth-order valence-electron chi connectivity index (χ4n) is 5.38. The number of aliphatic hydroxyl groups is 1. The van der Waals surface area contributed by atoms with Crippen molar-refractivity contribution in [1.82, 2.24) is 26.3 Å². The fraction of sp³-hybridized carbons (Fsp3) is 0.657. The molecule has 1 heterocycles. The number of aromatic nitrogens is 1. The molecule has 6 atom stereocenters. The molecule has 1 saturated carbocycles. The van der Waals surface area contributed by atoms with Crippen molar-refractivity contribution >= 4 is 29.6 Å². The molecule has 4 amide bonds. The van der Waals surface area contributed by atoms with Crippen molar-refractivity contribution in [1.29, 1.82) is 0 Å². The van der Waals surface area contributed by atoms with Gasteiger partial charge in [-0.3, -0.25) is 29.0 Å². The van der Waals surface area contributed by atoms with E-state index in [9.17, 15) is 29.1 Å². The maximum Gasteiger partial charge on any atom is 0.303 e. The SMILES string of the molecule is C=CCCC(NC(=O)C[C@H](O)[C@H](CC(C)C)NC(=O)[C@H](CC1CC1)NC(=O)[C@@H](NC(=O)CCCC(=O)O)[C@@H](C)CC)c1ccccn1. The molecule has 6 N–H and O–H groups in total. The van der Waals surface area contributed by atoms with Gasteiger partial charge in [0.1, 0.15) is 12.1 Å². The summed E-state index contributed by atoms with van der Waals surface area (Å²) >= 11 is 0. The van der Waals surface area contributed by atoms with Gasteiger partial charge in [0, 0.05) is 19.0 Å². The molecule has 12 heteroatoms. The molecule has 0 saturated heterocycles. The number of nitrogens with one attached hydrogen (secondary N) is 4. The maximum absolute atomic E-state index is 13.7. The molecule has 1 aliphatic rings. The van der Waals surface area contributed by atoms with Gasteiger partial charge in [-0.05, 0) is 62.0 Å². The number of hydrogen-bond acceptors (Lipinski definition) is 7. The summed E-state index contributed by atoms with van der Waals surface area (Å²) in [4.78, 5) is 68.0. The molecule has 1 aliphatic carbocycles. The van der Waals surface area contributed by atoms with Crippen LogP contribution in [0.25, 0.3) is 0 Å². The maximum atomic E-state index is 13.7. The quantitative estimate of drug-likeness (QED) is 0.0964. The van der Waals surface area contributed by atoms with Gasteiger partial charge in [-0.25, -0.2) is 0 Å². The van der Waals surface area contributed by atoms with E-state index in [-0.39, 0.29) is 55.4 Å². The van der Waals surface area contributed by atoms with Crippen LogP contribution in [0.2, 0.25) is 0 Å². The van der Waals surface area contributed by atoms with Gasteiger partial charge in [-0.1, -0.05) is 59.1 Å². The average Bonchev–Trinajstić information content (AvgIpc) is 3.84. The Balaban J connectivity index is 2.12. The highest BCUT2D eigenvalue weighted by molar-refractivity contribution is 5.92. The molecule has 0 spiro atoms. The van der Waals surface area contributed by atoms with Crippen LogP contribution in [0, 0.1) is 17.8 Å². The van der Waals surface area contributed by atoms with E-state index >= 15 is 0 Å². The molecule has 12 nitrogen and oxygen atoms in total. The molecule has 0 radical (unpaired) electrons. The molecule has 0 aromatic carbocycles. The first-order chi connectivity index (χ1) is 22.3. The number of allylic oxidation sites excluding steroid dienone is 1. The number of hydrogen-bond donors (Lipinski definition) is 6. The molecule has 0 bridgehead atoms. The van der Waals surface area contributed by atoms with Crippen LogP contribution in [-0.2, 0) is 24.0 Å². The number of carboxylic acids is 1. The summed E-state index contributed by atoms with van der Waals surface area (Å²) in [7, 11) is 0. The lowest BCUT2D eigenvalue weighted by atomic mass is 9.95. The molecular weight excluding hydrogens is 602 g/mol. The number of amides is 4. The number of carbonyl (C=O) groups excluding carboxylic acids is 4. The molecular formula is C35H55N5O7. The average molecular weight is 658 g/mol. The third-order valence-electron chi connectivity index (χ3n) is 8.46. The van der Waals surface area contributed by atoms with E-state index in [1.165, 1.54) is 0 Å². The second-order valence-electron chi connectivity index (χ2n) is 13.2. The Kier molecular flexibility index (Phi) is 17.1. The number of nitrogens with zero attached hydrogens (tertiary/aromatic N) is 1. The first-order valence-electron chi connectivity index (χ1n) is 17.0. The standard InChI is InChI=1S/C35H55N5O7/c1-6-8-12-26(25-13-9-10-18-36-25)37-31(43)21-29(41)27(19-22(3)4)38-34(46)28(20-24-16-17-24)39-35(47)33(23(5)7-2)40-30(42)14-11-15-32(44)45/h6,9-10,13,18,22-24,26-29,33,41H,1,7-8,11-12,14-17,19-21H2,2-5H3,(H,37,43)(H,38,46)(H,39,47)(H,40,42)(H,44,45)/t23-,26?,27-,28-,29-,33-/m0/s1. The zero-order chi connectivity index (χ0) is 34.9. The molecule has 1 unspecified atom stereocenters. The van der Waals surface area contributed by atoms with Crippen LogP contribution in [0.1, 0.15) is 110 Å². The second kappa shape index (κ2) is 20.4. The number of rotatable bonds is 23. The van der Waals surface area contributed by atoms with E-state index < -0.39 is 47.9 Å². The van der Waals surface area contributed by atoms with Crippen LogP contribution in [-0.4, -0.2) is 69.0 Å². The highest BCUT2D eigenvalue weighted by atomic mass is 16.4. The molecule has 47 heavy (non-hydrogen) atoms. The lowest BCUT2D eigenvalue weighted by molar-refractivity contribution is -0.137. The largest absolute Gasteiger partial charge is 0.481 e. The van der Waals surface area contributed by atoms with Gasteiger partial charge in [0.15, 0.2) is 0 Å². The summed E-state index contributed by atoms with van der Waals surface area (Å²) in [6, 6.07) is 2.57. The van der Waals surface area contributed by atoms with Crippen LogP contribution >= 0.6 is 0 Å². The van der Waals surface area contributed by atoms with Crippen molar-refractivity contribution in [2.24, 2.45) is 17.8 Å². The van der Waals surface area contributed by atoms with Gasteiger partial charge < -0.3 is 31.5 Å². The van der Waals surface area contributed by atoms with Gasteiger partial charge in [-0.15, -0.1) is 6.58 Å². The van der Waals surface area contributed by atoms with Gasteiger partial charge in [-0.2, -0.15) is 0 Å². The highest BCUT2D eigenvalue weighted by Crippen LogP contribution is 2.33. The summed E-state index contributed by atoms with van der Waals surface area (Å²) < 4.78 is 0. The lowest BCUT2D eigenvalue weighted by Crippen LogP contribution is -2.57. The van der Waals surface area contributed by atoms with E-state index in [0.717, 1.165) is 12.8 Å². The predicted octanol–water partition coefficient (Wildman–Crippen LogP) is 3.56. The Hall–Kier alpha value is -3.80. The predicted molar refractivity (Wildman–Crippen MR) is 179 cm³/mol. The number of aliphatic hydroxyl groups excluding tert-OH is 1. The first kappa shape index (κ1) is 39.4. The Morgan fingerprint density at radius 1 is 1.00 bits per heavy atom. The summed E-state index contributed by atoms with van der Waals surface area (Å²) in [6.45, 7) is 11.4. The minimum absolute atomic E-state index is 0.0300. The second-order valence-corrected chi connectivity index (χ2v) is 13.2. The lowest BCUT2D eigenvalue weighted by Gasteiger charge is -2.30.